The lowest BCUT2D eigenvalue weighted by atomic mass is 9.92. The number of aryl methyl sites for hydroxylation is 1. The van der Waals surface area contributed by atoms with Gasteiger partial charge in [-0.1, -0.05) is 29.8 Å². The molecule has 2 aromatic heterocycles. The van der Waals surface area contributed by atoms with Gasteiger partial charge in [0, 0.05) is 36.0 Å². The number of carbonyl (C=O) groups is 1. The van der Waals surface area contributed by atoms with Crippen LogP contribution in [0, 0.1) is 25.2 Å². The van der Waals surface area contributed by atoms with E-state index in [1.807, 2.05) is 30.5 Å². The monoisotopic (exact) mass is 434 g/mol. The van der Waals surface area contributed by atoms with Crippen LogP contribution in [0.2, 0.25) is 0 Å². The van der Waals surface area contributed by atoms with Gasteiger partial charge < -0.3 is 9.64 Å². The molecule has 3 aromatic rings. The molecule has 1 saturated heterocycles. The molecule has 1 aromatic carbocycles. The van der Waals surface area contributed by atoms with Crippen LogP contribution in [-0.4, -0.2) is 51.8 Å². The molecular formula is C26H20N5O2. The number of fused-ring (bicyclic) bond motifs is 3. The lowest BCUT2D eigenvalue weighted by Crippen LogP contribution is -2.38. The summed E-state index contributed by atoms with van der Waals surface area (Å²) >= 11 is 0. The van der Waals surface area contributed by atoms with Gasteiger partial charge in [-0.2, -0.15) is 10.1 Å². The van der Waals surface area contributed by atoms with E-state index in [0.29, 0.717) is 30.4 Å². The SMILES string of the molecule is C#CC(=O)C1=Cc2nc(-n3ccc(-c4cccc(C)c4)n3)nc(N3CCOCC3)c2[C]2C=C21. The number of nitrogens with zero attached hydrogens (tertiary/aromatic N) is 5. The molecule has 7 heteroatoms. The number of terminal acetylenes is 1. The van der Waals surface area contributed by atoms with Gasteiger partial charge in [-0.25, -0.2) is 9.67 Å². The average Bonchev–Trinajstić information content (AvgIpc) is 3.50. The van der Waals surface area contributed by atoms with Crippen molar-refractivity contribution >= 4 is 17.7 Å². The van der Waals surface area contributed by atoms with E-state index < -0.39 is 0 Å². The highest BCUT2D eigenvalue weighted by molar-refractivity contribution is 6.17. The first-order chi connectivity index (χ1) is 16.1. The number of rotatable bonds is 4. The van der Waals surface area contributed by atoms with Crippen LogP contribution in [0.3, 0.4) is 0 Å². The van der Waals surface area contributed by atoms with E-state index >= 15 is 0 Å². The maximum absolute atomic E-state index is 12.3. The Hall–Kier alpha value is -4.02. The van der Waals surface area contributed by atoms with Crippen LogP contribution in [0.5, 0.6) is 0 Å². The highest BCUT2D eigenvalue weighted by Gasteiger charge is 2.41. The molecular weight excluding hydrogens is 414 g/mol. The van der Waals surface area contributed by atoms with Crippen LogP contribution < -0.4 is 4.90 Å². The topological polar surface area (TPSA) is 73.1 Å². The van der Waals surface area contributed by atoms with Gasteiger partial charge >= 0.3 is 0 Å². The van der Waals surface area contributed by atoms with E-state index in [-0.39, 0.29) is 5.78 Å². The Kier molecular flexibility index (Phi) is 4.49. The molecule has 2 aliphatic carbocycles. The maximum atomic E-state index is 12.3. The minimum absolute atomic E-state index is 0.337. The van der Waals surface area contributed by atoms with Crippen molar-refractivity contribution in [2.24, 2.45) is 0 Å². The minimum atomic E-state index is -0.337. The normalized spacial score (nSPS) is 16.9. The van der Waals surface area contributed by atoms with Gasteiger partial charge in [0.05, 0.1) is 30.5 Å². The van der Waals surface area contributed by atoms with E-state index in [1.165, 1.54) is 5.56 Å². The summed E-state index contributed by atoms with van der Waals surface area (Å²) in [5, 5.41) is 4.74. The summed E-state index contributed by atoms with van der Waals surface area (Å²) < 4.78 is 7.22. The Labute approximate surface area is 191 Å². The van der Waals surface area contributed by atoms with E-state index in [0.717, 1.165) is 47.2 Å². The van der Waals surface area contributed by atoms with Crippen molar-refractivity contribution in [2.75, 3.05) is 31.2 Å². The van der Waals surface area contributed by atoms with Crippen LogP contribution in [0.25, 0.3) is 23.3 Å². The summed E-state index contributed by atoms with van der Waals surface area (Å²) in [6.07, 6.45) is 11.0. The molecule has 0 N–H and O–H groups in total. The smallest absolute Gasteiger partial charge is 0.253 e. The largest absolute Gasteiger partial charge is 0.378 e. The van der Waals surface area contributed by atoms with Crippen molar-refractivity contribution in [3.63, 3.8) is 0 Å². The average molecular weight is 434 g/mol. The number of Topliss-reactive ketones (excluding diaryl/α,β-unsaturated/α-hetero) is 1. The number of hydrogen-bond donors (Lipinski definition) is 0. The molecule has 3 aliphatic rings. The number of aromatic nitrogens is 4. The van der Waals surface area contributed by atoms with Crippen molar-refractivity contribution in [1.29, 1.82) is 0 Å². The van der Waals surface area contributed by atoms with Gasteiger partial charge in [0.2, 0.25) is 5.78 Å². The first kappa shape index (κ1) is 19.6. The highest BCUT2D eigenvalue weighted by Crippen LogP contribution is 2.51. The molecule has 1 radical (unpaired) electrons. The predicted molar refractivity (Wildman–Crippen MR) is 125 cm³/mol. The maximum Gasteiger partial charge on any atom is 0.253 e. The molecule has 0 atom stereocenters. The van der Waals surface area contributed by atoms with Gasteiger partial charge in [0.1, 0.15) is 5.82 Å². The molecule has 0 saturated carbocycles. The summed E-state index contributed by atoms with van der Waals surface area (Å²) in [6, 6.07) is 10.1. The summed E-state index contributed by atoms with van der Waals surface area (Å²) in [6.45, 7) is 4.80. The molecule has 161 valence electrons. The fraction of sp³-hybridized carbons (Fsp3) is 0.192. The van der Waals surface area contributed by atoms with E-state index in [4.69, 9.17) is 26.2 Å². The standard InChI is InChI=1S/C26H20N5O2/c1-3-23(32)19-15-22-24(20-14-18(19)20)25(30-9-11-33-12-10-30)28-26(27-22)31-8-7-21(29-31)17-6-4-5-16(2)13-17/h1,4-8,13-15H,9-12H2,2H3. The Bertz CT molecular complexity index is 1400. The summed E-state index contributed by atoms with van der Waals surface area (Å²) in [7, 11) is 0. The number of anilines is 1. The molecule has 0 amide bonds. The second kappa shape index (κ2) is 7.54. The highest BCUT2D eigenvalue weighted by atomic mass is 16.5. The summed E-state index contributed by atoms with van der Waals surface area (Å²) in [5.41, 5.74) is 6.06. The van der Waals surface area contributed by atoms with Gasteiger partial charge in [-0.05, 0) is 36.6 Å². The lowest BCUT2D eigenvalue weighted by molar-refractivity contribution is -0.110. The molecule has 1 aliphatic heterocycles. The third kappa shape index (κ3) is 3.36. The number of morpholine rings is 1. The van der Waals surface area contributed by atoms with E-state index in [1.54, 1.807) is 10.8 Å². The molecule has 1 fully saturated rings. The molecule has 0 spiro atoms. The van der Waals surface area contributed by atoms with Crippen molar-refractivity contribution in [1.82, 2.24) is 19.7 Å². The molecule has 6 rings (SSSR count). The summed E-state index contributed by atoms with van der Waals surface area (Å²) in [5.74, 6) is 4.15. The van der Waals surface area contributed by atoms with Crippen LogP contribution in [0.4, 0.5) is 5.82 Å². The second-order valence-corrected chi connectivity index (χ2v) is 8.23. The predicted octanol–water partition coefficient (Wildman–Crippen LogP) is 2.94. The first-order valence-corrected chi connectivity index (χ1v) is 10.8. The van der Waals surface area contributed by atoms with Crippen LogP contribution in [0.15, 0.2) is 53.8 Å². The van der Waals surface area contributed by atoms with Gasteiger partial charge in [0.25, 0.3) is 5.95 Å². The number of carbonyl (C=O) groups excluding carboxylic acids is 1. The van der Waals surface area contributed by atoms with E-state index in [9.17, 15) is 4.79 Å². The Morgan fingerprint density at radius 2 is 2.00 bits per heavy atom. The Balaban J connectivity index is 1.47. The third-order valence-corrected chi connectivity index (χ3v) is 6.04. The molecule has 0 unspecified atom stereocenters. The Morgan fingerprint density at radius 3 is 2.79 bits per heavy atom. The zero-order chi connectivity index (χ0) is 22.5. The molecule has 33 heavy (non-hydrogen) atoms. The van der Waals surface area contributed by atoms with Crippen LogP contribution >= 0.6 is 0 Å². The summed E-state index contributed by atoms with van der Waals surface area (Å²) in [4.78, 5) is 24.2. The number of ketones is 1. The van der Waals surface area contributed by atoms with Gasteiger partial charge in [-0.3, -0.25) is 4.79 Å². The number of ether oxygens (including phenoxy) is 1. The van der Waals surface area contributed by atoms with Crippen molar-refractivity contribution in [2.45, 2.75) is 6.92 Å². The molecule has 7 nitrogen and oxygen atoms in total. The Morgan fingerprint density at radius 1 is 1.15 bits per heavy atom. The van der Waals surface area contributed by atoms with Gasteiger partial charge in [0.15, 0.2) is 0 Å². The number of hydrogen-bond acceptors (Lipinski definition) is 6. The minimum Gasteiger partial charge on any atom is -0.378 e. The van der Waals surface area contributed by atoms with Crippen molar-refractivity contribution in [3.05, 3.63) is 76.5 Å². The zero-order valence-corrected chi connectivity index (χ0v) is 18.1. The zero-order valence-electron chi connectivity index (χ0n) is 18.1. The van der Waals surface area contributed by atoms with Crippen LogP contribution in [-0.2, 0) is 9.53 Å². The van der Waals surface area contributed by atoms with E-state index in [2.05, 4.69) is 29.9 Å². The van der Waals surface area contributed by atoms with Crippen molar-refractivity contribution < 1.29 is 9.53 Å². The second-order valence-electron chi connectivity index (χ2n) is 8.23. The third-order valence-electron chi connectivity index (χ3n) is 6.04. The fourth-order valence-corrected chi connectivity index (χ4v) is 4.33. The fourth-order valence-electron chi connectivity index (χ4n) is 4.33. The lowest BCUT2D eigenvalue weighted by Gasteiger charge is -2.31. The van der Waals surface area contributed by atoms with Crippen molar-refractivity contribution in [3.8, 4) is 29.5 Å². The number of benzene rings is 1. The first-order valence-electron chi connectivity index (χ1n) is 10.8. The quantitative estimate of drug-likeness (QED) is 0.464. The van der Waals surface area contributed by atoms with Gasteiger partial charge in [-0.15, -0.1) is 6.42 Å². The number of allylic oxidation sites excluding steroid dienone is 3. The molecule has 0 bridgehead atoms. The molecule has 3 heterocycles. The van der Waals surface area contributed by atoms with Crippen LogP contribution in [0.1, 0.15) is 16.8 Å².